The van der Waals surface area contributed by atoms with E-state index in [0.29, 0.717) is 17.9 Å². The van der Waals surface area contributed by atoms with E-state index in [1.54, 1.807) is 0 Å². The van der Waals surface area contributed by atoms with Gasteiger partial charge in [-0.1, -0.05) is 32.9 Å². The summed E-state index contributed by atoms with van der Waals surface area (Å²) in [6, 6.07) is 9.86. The van der Waals surface area contributed by atoms with Gasteiger partial charge in [0.25, 0.3) is 0 Å². The molecule has 170 valence electrons. The molecule has 0 aliphatic carbocycles. The van der Waals surface area contributed by atoms with Crippen LogP contribution in [0, 0.1) is 0 Å². The lowest BCUT2D eigenvalue weighted by molar-refractivity contribution is 0.212. The predicted octanol–water partition coefficient (Wildman–Crippen LogP) is 4.37. The molecule has 0 bridgehead atoms. The van der Waals surface area contributed by atoms with E-state index in [1.807, 2.05) is 0 Å². The summed E-state index contributed by atoms with van der Waals surface area (Å²) in [4.78, 5) is 7.34. The minimum Gasteiger partial charge on any atom is -0.369 e. The van der Waals surface area contributed by atoms with Gasteiger partial charge in [-0.15, -0.1) is 0 Å². The Labute approximate surface area is 189 Å². The Kier molecular flexibility index (Phi) is 7.02. The molecule has 31 heavy (non-hydrogen) atoms. The van der Waals surface area contributed by atoms with Crippen LogP contribution in [-0.2, 0) is 6.42 Å². The molecular weight excluding hydrogens is 382 g/mol. The highest BCUT2D eigenvalue weighted by atomic mass is 15.3. The topological polar surface area (TPSA) is 27.5 Å². The Bertz CT molecular complexity index is 824. The first-order valence-electron chi connectivity index (χ1n) is 12.2. The molecule has 3 heterocycles. The average molecular weight is 424 g/mol. The zero-order valence-corrected chi connectivity index (χ0v) is 20.2. The van der Waals surface area contributed by atoms with Crippen molar-refractivity contribution in [3.8, 4) is 0 Å². The molecule has 5 nitrogen and oxygen atoms in total. The second kappa shape index (κ2) is 9.74. The van der Waals surface area contributed by atoms with Crippen LogP contribution in [0.2, 0.25) is 0 Å². The largest absolute Gasteiger partial charge is 0.369 e. The molecule has 1 atom stereocenters. The molecule has 1 unspecified atom stereocenters. The van der Waals surface area contributed by atoms with Gasteiger partial charge in [-0.2, -0.15) is 5.10 Å². The number of likely N-dealkylation sites (N-methyl/N-ethyl adjacent to an activating group) is 1. The van der Waals surface area contributed by atoms with Gasteiger partial charge in [-0.3, -0.25) is 4.68 Å². The van der Waals surface area contributed by atoms with Gasteiger partial charge in [0.1, 0.15) is 0 Å². The third kappa shape index (κ3) is 5.32. The quantitative estimate of drug-likeness (QED) is 0.689. The number of anilines is 1. The average Bonchev–Trinajstić information content (AvgIpc) is 3.19. The van der Waals surface area contributed by atoms with Gasteiger partial charge in [-0.25, -0.2) is 0 Å². The number of likely N-dealkylation sites (tertiary alicyclic amines) is 1. The van der Waals surface area contributed by atoms with Crippen LogP contribution in [0.1, 0.15) is 68.3 Å². The molecule has 2 fully saturated rings. The molecule has 0 spiro atoms. The first kappa shape index (κ1) is 22.3. The zero-order valence-electron chi connectivity index (χ0n) is 20.2. The van der Waals surface area contributed by atoms with Gasteiger partial charge in [0.05, 0.1) is 11.7 Å². The summed E-state index contributed by atoms with van der Waals surface area (Å²) in [7, 11) is 4.43. The fraction of sp³-hybridized carbons (Fsp3) is 0.654. The van der Waals surface area contributed by atoms with E-state index in [9.17, 15) is 0 Å². The maximum Gasteiger partial charge on any atom is 0.0665 e. The molecule has 1 aromatic heterocycles. The van der Waals surface area contributed by atoms with E-state index in [-0.39, 0.29) is 0 Å². The maximum atomic E-state index is 5.13. The van der Waals surface area contributed by atoms with Crippen molar-refractivity contribution in [2.45, 2.75) is 57.9 Å². The zero-order chi connectivity index (χ0) is 22.0. The van der Waals surface area contributed by atoms with Crippen LogP contribution in [0.5, 0.6) is 0 Å². The molecule has 2 aliphatic rings. The minimum absolute atomic E-state index is 0.472. The molecule has 0 amide bonds. The molecule has 0 N–H and O–H groups in total. The number of aromatic nitrogens is 2. The lowest BCUT2D eigenvalue weighted by Crippen LogP contribution is -2.44. The molecule has 2 saturated heterocycles. The van der Waals surface area contributed by atoms with E-state index in [0.717, 1.165) is 32.6 Å². The highest BCUT2D eigenvalue weighted by molar-refractivity contribution is 5.48. The second-order valence-electron chi connectivity index (χ2n) is 10.2. The molecule has 0 saturated carbocycles. The minimum atomic E-state index is 0.472. The van der Waals surface area contributed by atoms with E-state index < -0.39 is 0 Å². The smallest absolute Gasteiger partial charge is 0.0665 e. The Morgan fingerprint density at radius 1 is 0.871 bits per heavy atom. The Balaban J connectivity index is 1.44. The summed E-state index contributed by atoms with van der Waals surface area (Å²) in [5.41, 5.74) is 5.50. The van der Waals surface area contributed by atoms with Crippen molar-refractivity contribution in [3.63, 3.8) is 0 Å². The van der Waals surface area contributed by atoms with Crippen LogP contribution in [0.15, 0.2) is 30.5 Å². The number of piperidine rings is 1. The van der Waals surface area contributed by atoms with Gasteiger partial charge < -0.3 is 14.7 Å². The van der Waals surface area contributed by atoms with Gasteiger partial charge in [0.2, 0.25) is 0 Å². The van der Waals surface area contributed by atoms with Gasteiger partial charge in [0.15, 0.2) is 0 Å². The third-order valence-electron chi connectivity index (χ3n) is 7.36. The fourth-order valence-corrected chi connectivity index (χ4v) is 5.02. The predicted molar refractivity (Wildman–Crippen MR) is 130 cm³/mol. The molecule has 0 radical (unpaired) electrons. The number of nitrogens with zero attached hydrogens (tertiary/aromatic N) is 5. The molecule has 1 aromatic carbocycles. The number of hydrogen-bond donors (Lipinski definition) is 0. The standard InChI is InChI=1S/C26H41N5/c1-20(2)25-19-31(24-10-12-28(4)13-11-24)27-26(25)18-21(3)22-6-8-23(9-7-22)30-16-14-29(5)15-17-30/h6-9,19-21,24H,10-18H2,1-5H3. The second-order valence-corrected chi connectivity index (χ2v) is 10.2. The molecule has 2 aliphatic heterocycles. The van der Waals surface area contributed by atoms with Crippen LogP contribution in [0.4, 0.5) is 5.69 Å². The monoisotopic (exact) mass is 423 g/mol. The summed E-state index contributed by atoms with van der Waals surface area (Å²) >= 11 is 0. The fourth-order valence-electron chi connectivity index (χ4n) is 5.02. The Morgan fingerprint density at radius 2 is 1.48 bits per heavy atom. The van der Waals surface area contributed by atoms with Crippen molar-refractivity contribution in [2.24, 2.45) is 0 Å². The Hall–Kier alpha value is -1.85. The summed E-state index contributed by atoms with van der Waals surface area (Å²) < 4.78 is 2.29. The number of hydrogen-bond acceptors (Lipinski definition) is 4. The normalized spacial score (nSPS) is 20.5. The van der Waals surface area contributed by atoms with E-state index in [2.05, 4.69) is 84.7 Å². The van der Waals surface area contributed by atoms with Crippen LogP contribution in [0.3, 0.4) is 0 Å². The highest BCUT2D eigenvalue weighted by Gasteiger charge is 2.23. The SMILES string of the molecule is CC(C)c1cn(C2CCN(C)CC2)nc1CC(C)c1ccc(N2CCN(C)CC2)cc1. The van der Waals surface area contributed by atoms with Crippen molar-refractivity contribution in [3.05, 3.63) is 47.3 Å². The molecular formula is C26H41N5. The molecule has 2 aromatic rings. The van der Waals surface area contributed by atoms with Crippen molar-refractivity contribution >= 4 is 5.69 Å². The third-order valence-corrected chi connectivity index (χ3v) is 7.36. The summed E-state index contributed by atoms with van der Waals surface area (Å²) in [6.45, 7) is 13.8. The maximum absolute atomic E-state index is 5.13. The summed E-state index contributed by atoms with van der Waals surface area (Å²) in [6.07, 6.45) is 5.77. The number of rotatable bonds is 6. The molecule has 5 heteroatoms. The van der Waals surface area contributed by atoms with Crippen molar-refractivity contribution < 1.29 is 0 Å². The van der Waals surface area contributed by atoms with Gasteiger partial charge in [0, 0.05) is 38.1 Å². The van der Waals surface area contributed by atoms with Gasteiger partial charge >= 0.3 is 0 Å². The highest BCUT2D eigenvalue weighted by Crippen LogP contribution is 2.30. The number of piperazine rings is 1. The summed E-state index contributed by atoms with van der Waals surface area (Å²) in [5.74, 6) is 0.988. The van der Waals surface area contributed by atoms with E-state index >= 15 is 0 Å². The first-order chi connectivity index (χ1) is 14.9. The lowest BCUT2D eigenvalue weighted by atomic mass is 9.92. The van der Waals surface area contributed by atoms with Gasteiger partial charge in [-0.05, 0) is 81.5 Å². The van der Waals surface area contributed by atoms with Crippen molar-refractivity contribution in [2.75, 3.05) is 58.3 Å². The van der Waals surface area contributed by atoms with Crippen molar-refractivity contribution in [1.29, 1.82) is 0 Å². The van der Waals surface area contributed by atoms with Crippen LogP contribution < -0.4 is 4.90 Å². The van der Waals surface area contributed by atoms with Crippen LogP contribution >= 0.6 is 0 Å². The lowest BCUT2D eigenvalue weighted by Gasteiger charge is -2.34. The van der Waals surface area contributed by atoms with E-state index in [1.165, 1.54) is 48.4 Å². The number of benzene rings is 1. The summed E-state index contributed by atoms with van der Waals surface area (Å²) in [5, 5.41) is 5.13. The first-order valence-corrected chi connectivity index (χ1v) is 12.2. The van der Waals surface area contributed by atoms with Crippen LogP contribution in [0.25, 0.3) is 0 Å². The van der Waals surface area contributed by atoms with Crippen molar-refractivity contribution in [1.82, 2.24) is 19.6 Å². The molecule has 4 rings (SSSR count). The Morgan fingerprint density at radius 3 is 2.10 bits per heavy atom. The van der Waals surface area contributed by atoms with Crippen LogP contribution in [-0.4, -0.2) is 72.9 Å². The van der Waals surface area contributed by atoms with E-state index in [4.69, 9.17) is 5.10 Å².